The van der Waals surface area contributed by atoms with Crippen molar-refractivity contribution in [1.29, 1.82) is 0 Å². The third kappa shape index (κ3) is 4.20. The first kappa shape index (κ1) is 20.8. The molecule has 1 atom stereocenters. The van der Waals surface area contributed by atoms with E-state index in [1.807, 2.05) is 24.8 Å². The van der Waals surface area contributed by atoms with Crippen LogP contribution in [-0.4, -0.2) is 75.8 Å². The van der Waals surface area contributed by atoms with Crippen LogP contribution < -0.4 is 0 Å². The topological polar surface area (TPSA) is 80.6 Å². The van der Waals surface area contributed by atoms with Crippen LogP contribution in [0.2, 0.25) is 5.02 Å². The molecule has 4 rings (SSSR count). The lowest BCUT2D eigenvalue weighted by Crippen LogP contribution is -2.49. The monoisotopic (exact) mass is 431 g/mol. The first-order valence-electron chi connectivity index (χ1n) is 10.3. The standard InChI is InChI=1S/C21H26ClN5O3/c1-14-12-15(2)27(24-14)18-6-5-17(22)19(23-18)21(29)26-7-3-4-16(13-26)20(28)25-8-10-30-11-9-25/h5-6,12,16H,3-4,7-11,13H2,1-2H3. The van der Waals surface area contributed by atoms with E-state index in [4.69, 9.17) is 16.3 Å². The van der Waals surface area contributed by atoms with Gasteiger partial charge in [-0.15, -0.1) is 0 Å². The molecule has 0 N–H and O–H groups in total. The number of ether oxygens (including phenoxy) is 1. The van der Waals surface area contributed by atoms with Crippen LogP contribution in [0.1, 0.15) is 34.7 Å². The van der Waals surface area contributed by atoms with E-state index in [1.54, 1.807) is 21.7 Å². The van der Waals surface area contributed by atoms with Gasteiger partial charge in [-0.05, 0) is 44.9 Å². The highest BCUT2D eigenvalue weighted by molar-refractivity contribution is 6.33. The predicted octanol–water partition coefficient (Wildman–Crippen LogP) is 2.25. The number of aromatic nitrogens is 3. The van der Waals surface area contributed by atoms with Crippen molar-refractivity contribution in [1.82, 2.24) is 24.6 Å². The summed E-state index contributed by atoms with van der Waals surface area (Å²) in [6.45, 7) is 7.18. The second-order valence-electron chi connectivity index (χ2n) is 7.87. The molecule has 2 saturated heterocycles. The number of hydrogen-bond donors (Lipinski definition) is 0. The van der Waals surface area contributed by atoms with Gasteiger partial charge >= 0.3 is 0 Å². The first-order chi connectivity index (χ1) is 14.4. The highest BCUT2D eigenvalue weighted by atomic mass is 35.5. The van der Waals surface area contributed by atoms with Crippen LogP contribution >= 0.6 is 11.6 Å². The zero-order valence-electron chi connectivity index (χ0n) is 17.3. The van der Waals surface area contributed by atoms with E-state index >= 15 is 0 Å². The fourth-order valence-corrected chi connectivity index (χ4v) is 4.30. The number of aryl methyl sites for hydroxylation is 2. The Morgan fingerprint density at radius 2 is 1.90 bits per heavy atom. The molecule has 0 saturated carbocycles. The van der Waals surface area contributed by atoms with Crippen molar-refractivity contribution in [2.45, 2.75) is 26.7 Å². The van der Waals surface area contributed by atoms with Crippen molar-refractivity contribution in [3.8, 4) is 5.82 Å². The van der Waals surface area contributed by atoms with E-state index in [2.05, 4.69) is 10.1 Å². The number of rotatable bonds is 3. The van der Waals surface area contributed by atoms with Crippen molar-refractivity contribution in [3.63, 3.8) is 0 Å². The van der Waals surface area contributed by atoms with Crippen molar-refractivity contribution >= 4 is 23.4 Å². The van der Waals surface area contributed by atoms with Crippen molar-refractivity contribution in [3.05, 3.63) is 40.3 Å². The van der Waals surface area contributed by atoms with Crippen LogP contribution in [-0.2, 0) is 9.53 Å². The van der Waals surface area contributed by atoms with Gasteiger partial charge < -0.3 is 14.5 Å². The summed E-state index contributed by atoms with van der Waals surface area (Å²) in [6, 6.07) is 5.37. The summed E-state index contributed by atoms with van der Waals surface area (Å²) in [6.07, 6.45) is 1.56. The molecule has 0 radical (unpaired) electrons. The minimum absolute atomic E-state index is 0.103. The number of carbonyl (C=O) groups is 2. The van der Waals surface area contributed by atoms with E-state index in [9.17, 15) is 9.59 Å². The van der Waals surface area contributed by atoms with Crippen LogP contribution in [0.3, 0.4) is 0 Å². The Morgan fingerprint density at radius 3 is 2.60 bits per heavy atom. The van der Waals surface area contributed by atoms with Gasteiger partial charge in [-0.3, -0.25) is 9.59 Å². The maximum atomic E-state index is 13.2. The lowest BCUT2D eigenvalue weighted by atomic mass is 9.96. The first-order valence-corrected chi connectivity index (χ1v) is 10.7. The summed E-state index contributed by atoms with van der Waals surface area (Å²) >= 11 is 6.33. The summed E-state index contributed by atoms with van der Waals surface area (Å²) in [7, 11) is 0. The van der Waals surface area contributed by atoms with Crippen molar-refractivity contribution in [2.75, 3.05) is 39.4 Å². The summed E-state index contributed by atoms with van der Waals surface area (Å²) in [5, 5.41) is 4.73. The van der Waals surface area contributed by atoms with Gasteiger partial charge in [0.2, 0.25) is 5.91 Å². The molecule has 160 valence electrons. The predicted molar refractivity (Wildman–Crippen MR) is 112 cm³/mol. The van der Waals surface area contributed by atoms with Gasteiger partial charge in [0, 0.05) is 31.9 Å². The SMILES string of the molecule is Cc1cc(C)n(-c2ccc(Cl)c(C(=O)N3CCCC(C(=O)N4CCOCC4)C3)n2)n1. The molecule has 0 spiro atoms. The van der Waals surface area contributed by atoms with Gasteiger partial charge in [0.25, 0.3) is 5.91 Å². The molecular formula is C21H26ClN5O3. The molecule has 1 unspecified atom stereocenters. The fraction of sp³-hybridized carbons (Fsp3) is 0.524. The zero-order chi connectivity index (χ0) is 21.3. The Morgan fingerprint density at radius 1 is 1.13 bits per heavy atom. The highest BCUT2D eigenvalue weighted by Crippen LogP contribution is 2.24. The largest absolute Gasteiger partial charge is 0.378 e. The van der Waals surface area contributed by atoms with Gasteiger partial charge in [0.15, 0.2) is 5.82 Å². The normalized spacial score (nSPS) is 19.8. The van der Waals surface area contributed by atoms with Crippen LogP contribution in [0, 0.1) is 19.8 Å². The van der Waals surface area contributed by atoms with Gasteiger partial charge in [-0.25, -0.2) is 9.67 Å². The van der Waals surface area contributed by atoms with E-state index in [-0.39, 0.29) is 23.4 Å². The Bertz CT molecular complexity index is 954. The summed E-state index contributed by atoms with van der Waals surface area (Å²) in [5.41, 5.74) is 1.99. The molecule has 4 heterocycles. The zero-order valence-corrected chi connectivity index (χ0v) is 18.1. The fourth-order valence-electron chi connectivity index (χ4n) is 4.12. The number of pyridine rings is 1. The molecule has 2 fully saturated rings. The van der Waals surface area contributed by atoms with Crippen LogP contribution in [0.4, 0.5) is 0 Å². The minimum atomic E-state index is -0.247. The van der Waals surface area contributed by atoms with Crippen molar-refractivity contribution < 1.29 is 14.3 Å². The Balaban J connectivity index is 1.53. The number of amides is 2. The molecule has 2 amide bonds. The maximum absolute atomic E-state index is 13.2. The average Bonchev–Trinajstić information content (AvgIpc) is 3.11. The van der Waals surface area contributed by atoms with Gasteiger partial charge in [-0.1, -0.05) is 11.6 Å². The quantitative estimate of drug-likeness (QED) is 0.744. The van der Waals surface area contributed by atoms with Crippen LogP contribution in [0.15, 0.2) is 18.2 Å². The molecule has 2 aliphatic heterocycles. The molecule has 30 heavy (non-hydrogen) atoms. The molecule has 0 aliphatic carbocycles. The molecule has 2 aromatic rings. The molecule has 2 aromatic heterocycles. The number of halogens is 1. The molecule has 0 aromatic carbocycles. The molecule has 2 aliphatic rings. The lowest BCUT2D eigenvalue weighted by molar-refractivity contribution is -0.141. The third-order valence-electron chi connectivity index (χ3n) is 5.64. The second kappa shape index (κ2) is 8.73. The molecule has 0 bridgehead atoms. The molecular weight excluding hydrogens is 406 g/mol. The van der Waals surface area contributed by atoms with Crippen LogP contribution in [0.25, 0.3) is 5.82 Å². The van der Waals surface area contributed by atoms with Gasteiger partial charge in [0.1, 0.15) is 5.69 Å². The molecule has 9 heteroatoms. The number of carbonyl (C=O) groups excluding carboxylic acids is 2. The van der Waals surface area contributed by atoms with Gasteiger partial charge in [-0.2, -0.15) is 5.10 Å². The number of hydrogen-bond acceptors (Lipinski definition) is 5. The lowest BCUT2D eigenvalue weighted by Gasteiger charge is -2.36. The maximum Gasteiger partial charge on any atom is 0.274 e. The number of likely N-dealkylation sites (tertiary alicyclic amines) is 1. The summed E-state index contributed by atoms with van der Waals surface area (Å²) in [5.74, 6) is 0.208. The number of piperidine rings is 1. The minimum Gasteiger partial charge on any atom is -0.378 e. The van der Waals surface area contributed by atoms with E-state index in [0.29, 0.717) is 50.2 Å². The Hall–Kier alpha value is -2.45. The summed E-state index contributed by atoms with van der Waals surface area (Å²) < 4.78 is 7.03. The third-order valence-corrected chi connectivity index (χ3v) is 5.95. The number of morpholine rings is 1. The van der Waals surface area contributed by atoms with Crippen molar-refractivity contribution in [2.24, 2.45) is 5.92 Å². The van der Waals surface area contributed by atoms with Crippen LogP contribution in [0.5, 0.6) is 0 Å². The van der Waals surface area contributed by atoms with E-state index in [0.717, 1.165) is 24.2 Å². The number of nitrogens with zero attached hydrogens (tertiary/aromatic N) is 5. The molecule has 8 nitrogen and oxygen atoms in total. The Labute approximate surface area is 180 Å². The second-order valence-corrected chi connectivity index (χ2v) is 8.27. The van der Waals surface area contributed by atoms with E-state index < -0.39 is 0 Å². The van der Waals surface area contributed by atoms with Gasteiger partial charge in [0.05, 0.1) is 29.8 Å². The Kier molecular flexibility index (Phi) is 6.06. The average molecular weight is 432 g/mol. The highest BCUT2D eigenvalue weighted by Gasteiger charge is 2.33. The van der Waals surface area contributed by atoms with E-state index in [1.165, 1.54) is 0 Å². The summed E-state index contributed by atoms with van der Waals surface area (Å²) in [4.78, 5) is 34.2. The smallest absolute Gasteiger partial charge is 0.274 e.